The number of hydrogen-bond acceptors (Lipinski definition) is 0. The maximum absolute atomic E-state index is 2.57. The molecule has 1 nitrogen and oxygen atoms in total. The van der Waals surface area contributed by atoms with Gasteiger partial charge in [0.1, 0.15) is 0 Å². The Morgan fingerprint density at radius 3 is 1.23 bits per heavy atom. The molecular formula is C60H47N. The van der Waals surface area contributed by atoms with E-state index in [0.29, 0.717) is 0 Å². The molecule has 0 unspecified atom stereocenters. The van der Waals surface area contributed by atoms with Gasteiger partial charge in [-0.2, -0.15) is 0 Å². The SMILES string of the molecule is CC(C)(C)c1cc2c3cc4ccc(-c5ccc6c(c5)C(C)(C)c5ccccc5-6)cc4cc3n3c4cc5cc(-c6ccc7c(c6)C(C)(C)c6ccccc6-7)ccc5cc4c(c1)c23. The molecule has 0 atom stereocenters. The van der Waals surface area contributed by atoms with Crippen molar-refractivity contribution < 1.29 is 0 Å². The van der Waals surface area contributed by atoms with Crippen LogP contribution in [0.15, 0.2) is 158 Å². The third-order valence-corrected chi connectivity index (χ3v) is 15.0. The summed E-state index contributed by atoms with van der Waals surface area (Å²) in [4.78, 5) is 0. The first-order chi connectivity index (χ1) is 29.3. The monoisotopic (exact) mass is 781 g/mol. The Balaban J connectivity index is 1.00. The highest BCUT2D eigenvalue weighted by Crippen LogP contribution is 2.52. The standard InChI is InChI=1S/C60H47N/c1-58(2,3)42-32-49-47-26-36-18-16-34(38-20-22-45-43-12-8-10-14-51(43)59(4,5)53(45)28-38)24-40(36)30-55(47)61-56-31-41-25-35(17-19-37(41)27-48(56)50(33-42)57(49)61)39-21-23-46-44-13-9-11-15-52(44)60(6,7)54(46)29-39/h8-33H,1-7H3. The predicted octanol–water partition coefficient (Wildman–Crippen LogP) is 16.4. The molecule has 0 radical (unpaired) electrons. The normalized spacial score (nSPS) is 15.1. The summed E-state index contributed by atoms with van der Waals surface area (Å²) in [5.41, 5.74) is 21.3. The molecule has 0 amide bonds. The van der Waals surface area contributed by atoms with Crippen LogP contribution in [0.1, 0.15) is 76.3 Å². The van der Waals surface area contributed by atoms with Crippen LogP contribution in [0.2, 0.25) is 0 Å². The molecule has 2 aromatic heterocycles. The van der Waals surface area contributed by atoms with Crippen LogP contribution in [0.4, 0.5) is 0 Å². The van der Waals surface area contributed by atoms with Crippen molar-refractivity contribution in [3.63, 3.8) is 0 Å². The van der Waals surface area contributed by atoms with Gasteiger partial charge in [-0.1, -0.05) is 146 Å². The molecule has 11 aromatic rings. The Labute approximate surface area is 357 Å². The molecule has 0 spiro atoms. The first-order valence-corrected chi connectivity index (χ1v) is 22.0. The van der Waals surface area contributed by atoms with Gasteiger partial charge in [-0.05, 0) is 160 Å². The Kier molecular flexibility index (Phi) is 6.65. The molecule has 9 aromatic carbocycles. The Morgan fingerprint density at radius 2 is 0.770 bits per heavy atom. The van der Waals surface area contributed by atoms with Crippen molar-refractivity contribution in [2.75, 3.05) is 0 Å². The van der Waals surface area contributed by atoms with Gasteiger partial charge < -0.3 is 4.40 Å². The second kappa shape index (κ2) is 11.6. The topological polar surface area (TPSA) is 4.41 Å². The van der Waals surface area contributed by atoms with Crippen LogP contribution in [0.3, 0.4) is 0 Å². The number of hydrogen-bond donors (Lipinski definition) is 0. The van der Waals surface area contributed by atoms with Gasteiger partial charge in [-0.25, -0.2) is 0 Å². The van der Waals surface area contributed by atoms with Crippen LogP contribution < -0.4 is 0 Å². The highest BCUT2D eigenvalue weighted by Gasteiger charge is 2.36. The van der Waals surface area contributed by atoms with E-state index in [1.165, 1.54) is 132 Å². The highest BCUT2D eigenvalue weighted by molar-refractivity contribution is 6.26. The van der Waals surface area contributed by atoms with Crippen molar-refractivity contribution in [2.45, 2.75) is 64.7 Å². The smallest absolute Gasteiger partial charge is 0.0620 e. The fourth-order valence-electron chi connectivity index (χ4n) is 11.6. The third kappa shape index (κ3) is 4.67. The van der Waals surface area contributed by atoms with Crippen LogP contribution in [-0.4, -0.2) is 4.40 Å². The van der Waals surface area contributed by atoms with Crippen molar-refractivity contribution in [1.82, 2.24) is 4.40 Å². The summed E-state index contributed by atoms with van der Waals surface area (Å²) in [5.74, 6) is 0. The first kappa shape index (κ1) is 35.1. The Morgan fingerprint density at radius 1 is 0.361 bits per heavy atom. The second-order valence-corrected chi connectivity index (χ2v) is 20.2. The molecule has 13 rings (SSSR count). The summed E-state index contributed by atoms with van der Waals surface area (Å²) in [6.45, 7) is 16.5. The molecule has 0 bridgehead atoms. The minimum atomic E-state index is -0.0340. The van der Waals surface area contributed by atoms with Crippen molar-refractivity contribution >= 4 is 59.6 Å². The second-order valence-electron chi connectivity index (χ2n) is 20.2. The summed E-state index contributed by atoms with van der Waals surface area (Å²) in [6, 6.07) is 60.9. The van der Waals surface area contributed by atoms with Crippen LogP contribution in [0, 0.1) is 0 Å². The molecule has 2 heterocycles. The van der Waals surface area contributed by atoms with Crippen LogP contribution in [-0.2, 0) is 16.2 Å². The molecule has 1 heteroatoms. The molecule has 292 valence electrons. The zero-order chi connectivity index (χ0) is 41.3. The van der Waals surface area contributed by atoms with E-state index in [2.05, 4.69) is 211 Å². The minimum absolute atomic E-state index is 0.0109. The Bertz CT molecular complexity index is 3490. The van der Waals surface area contributed by atoms with E-state index in [0.717, 1.165) is 0 Å². The summed E-state index contributed by atoms with van der Waals surface area (Å²) in [6.07, 6.45) is 0. The molecule has 2 aliphatic rings. The van der Waals surface area contributed by atoms with Crippen LogP contribution >= 0.6 is 0 Å². The van der Waals surface area contributed by atoms with Gasteiger partial charge in [0.25, 0.3) is 0 Å². The van der Waals surface area contributed by atoms with E-state index in [9.17, 15) is 0 Å². The molecule has 0 N–H and O–H groups in total. The molecular weight excluding hydrogens is 735 g/mol. The van der Waals surface area contributed by atoms with E-state index in [4.69, 9.17) is 0 Å². The third-order valence-electron chi connectivity index (χ3n) is 15.0. The fourth-order valence-corrected chi connectivity index (χ4v) is 11.6. The van der Waals surface area contributed by atoms with Crippen molar-refractivity contribution in [2.24, 2.45) is 0 Å². The lowest BCUT2D eigenvalue weighted by molar-refractivity contribution is 0.592. The zero-order valence-corrected chi connectivity index (χ0v) is 36.0. The highest BCUT2D eigenvalue weighted by atomic mass is 14.9. The van der Waals surface area contributed by atoms with Crippen LogP contribution in [0.25, 0.3) is 104 Å². The summed E-state index contributed by atoms with van der Waals surface area (Å²) in [5, 5.41) is 10.4. The van der Waals surface area contributed by atoms with E-state index in [1.54, 1.807) is 0 Å². The van der Waals surface area contributed by atoms with E-state index < -0.39 is 0 Å². The average Bonchev–Trinajstić information content (AvgIpc) is 3.91. The molecule has 61 heavy (non-hydrogen) atoms. The molecule has 0 fully saturated rings. The van der Waals surface area contributed by atoms with Gasteiger partial charge in [0, 0.05) is 32.4 Å². The molecule has 0 aliphatic heterocycles. The van der Waals surface area contributed by atoms with Gasteiger partial charge in [-0.3, -0.25) is 0 Å². The largest absolute Gasteiger partial charge is 0.308 e. The van der Waals surface area contributed by atoms with E-state index in [1.807, 2.05) is 0 Å². The van der Waals surface area contributed by atoms with Crippen molar-refractivity contribution in [1.29, 1.82) is 0 Å². The fraction of sp³-hybridized carbons (Fsp3) is 0.167. The number of aromatic nitrogens is 1. The van der Waals surface area contributed by atoms with Crippen molar-refractivity contribution in [3.8, 4) is 44.5 Å². The number of benzene rings is 9. The van der Waals surface area contributed by atoms with Crippen LogP contribution in [0.5, 0.6) is 0 Å². The summed E-state index contributed by atoms with van der Waals surface area (Å²) in [7, 11) is 0. The maximum atomic E-state index is 2.57. The van der Waals surface area contributed by atoms with Gasteiger partial charge in [0.15, 0.2) is 0 Å². The van der Waals surface area contributed by atoms with Gasteiger partial charge in [-0.15, -0.1) is 0 Å². The lowest BCUT2D eigenvalue weighted by atomic mass is 9.81. The summed E-state index contributed by atoms with van der Waals surface area (Å²) >= 11 is 0. The molecule has 0 saturated heterocycles. The lowest BCUT2D eigenvalue weighted by Crippen LogP contribution is -2.14. The number of nitrogens with zero attached hydrogens (tertiary/aromatic N) is 1. The average molecular weight is 782 g/mol. The van der Waals surface area contributed by atoms with Gasteiger partial charge in [0.2, 0.25) is 0 Å². The van der Waals surface area contributed by atoms with Gasteiger partial charge in [0.05, 0.1) is 16.6 Å². The molecule has 2 aliphatic carbocycles. The zero-order valence-electron chi connectivity index (χ0n) is 36.0. The maximum Gasteiger partial charge on any atom is 0.0620 e. The molecule has 0 saturated carbocycles. The predicted molar refractivity (Wildman–Crippen MR) is 261 cm³/mol. The number of fused-ring (bicyclic) bond motifs is 14. The first-order valence-electron chi connectivity index (χ1n) is 22.0. The Hall–Kier alpha value is -6.70. The summed E-state index contributed by atoms with van der Waals surface area (Å²) < 4.78 is 2.57. The lowest BCUT2D eigenvalue weighted by Gasteiger charge is -2.22. The quantitative estimate of drug-likeness (QED) is 0.165. The minimum Gasteiger partial charge on any atom is -0.308 e. The van der Waals surface area contributed by atoms with Crippen molar-refractivity contribution in [3.05, 3.63) is 186 Å². The van der Waals surface area contributed by atoms with Gasteiger partial charge >= 0.3 is 0 Å². The van der Waals surface area contributed by atoms with E-state index >= 15 is 0 Å². The van der Waals surface area contributed by atoms with E-state index in [-0.39, 0.29) is 16.2 Å². The number of rotatable bonds is 2.